The van der Waals surface area contributed by atoms with Gasteiger partial charge in [-0.15, -0.1) is 16.9 Å². The number of hydrogen-bond donors (Lipinski definition) is 1. The van der Waals surface area contributed by atoms with Crippen LogP contribution in [0.4, 0.5) is 6.01 Å². The quantitative estimate of drug-likeness (QED) is 0.619. The lowest BCUT2D eigenvalue weighted by molar-refractivity contribution is 0.102. The van der Waals surface area contributed by atoms with Crippen LogP contribution in [0.1, 0.15) is 41.2 Å². The molecule has 3 aromatic rings. The average molecular weight is 367 g/mol. The Morgan fingerprint density at radius 3 is 2.58 bits per heavy atom. The third-order valence-corrected chi connectivity index (χ3v) is 4.76. The van der Waals surface area contributed by atoms with Crippen molar-refractivity contribution in [3.63, 3.8) is 0 Å². The molecule has 0 aliphatic heterocycles. The van der Waals surface area contributed by atoms with Gasteiger partial charge in [-0.2, -0.15) is 0 Å². The molecule has 134 valence electrons. The molecule has 1 amide bonds. The lowest BCUT2D eigenvalue weighted by Gasteiger charge is -2.03. The molecule has 1 N–H and O–H groups in total. The molecule has 0 aliphatic rings. The van der Waals surface area contributed by atoms with Crippen molar-refractivity contribution >= 4 is 23.7 Å². The monoisotopic (exact) mass is 367 g/mol. The number of aromatic nitrogens is 2. The number of benzene rings is 2. The maximum Gasteiger partial charge on any atom is 0.322 e. The molecule has 1 heterocycles. The second kappa shape index (κ2) is 8.67. The van der Waals surface area contributed by atoms with Crippen LogP contribution in [0.15, 0.2) is 57.8 Å². The molecular weight excluding hydrogens is 346 g/mol. The smallest absolute Gasteiger partial charge is 0.322 e. The number of thioether (sulfide) groups is 1. The minimum Gasteiger partial charge on any atom is -0.407 e. The second-order valence-corrected chi connectivity index (χ2v) is 7.10. The van der Waals surface area contributed by atoms with E-state index in [1.807, 2.05) is 18.2 Å². The molecule has 0 fully saturated rings. The van der Waals surface area contributed by atoms with Crippen molar-refractivity contribution in [3.8, 4) is 0 Å². The van der Waals surface area contributed by atoms with E-state index in [-0.39, 0.29) is 11.9 Å². The number of aryl methyl sites for hydroxylation is 1. The van der Waals surface area contributed by atoms with E-state index in [1.165, 1.54) is 5.56 Å². The molecule has 2 aromatic carbocycles. The zero-order valence-electron chi connectivity index (χ0n) is 14.9. The Hall–Kier alpha value is -2.60. The molecule has 0 saturated heterocycles. The highest BCUT2D eigenvalue weighted by Crippen LogP contribution is 2.19. The summed E-state index contributed by atoms with van der Waals surface area (Å²) in [5.41, 5.74) is 2.95. The van der Waals surface area contributed by atoms with Crippen LogP contribution in [0.5, 0.6) is 0 Å². The summed E-state index contributed by atoms with van der Waals surface area (Å²) >= 11 is 1.69. The van der Waals surface area contributed by atoms with E-state index in [4.69, 9.17) is 4.42 Å². The van der Waals surface area contributed by atoms with E-state index >= 15 is 0 Å². The Morgan fingerprint density at radius 1 is 1.08 bits per heavy atom. The molecule has 1 aromatic heterocycles. The molecular formula is C20H21N3O2S. The fraction of sp³-hybridized carbons (Fsp3) is 0.250. The summed E-state index contributed by atoms with van der Waals surface area (Å²) in [6.07, 6.45) is 1.55. The van der Waals surface area contributed by atoms with Gasteiger partial charge in [-0.1, -0.05) is 49.3 Å². The molecule has 0 aliphatic carbocycles. The molecule has 26 heavy (non-hydrogen) atoms. The minimum atomic E-state index is -0.258. The third kappa shape index (κ3) is 4.73. The molecule has 0 spiro atoms. The topological polar surface area (TPSA) is 68.0 Å². The number of rotatable bonds is 7. The van der Waals surface area contributed by atoms with Gasteiger partial charge >= 0.3 is 6.01 Å². The Morgan fingerprint density at radius 2 is 1.85 bits per heavy atom. The van der Waals surface area contributed by atoms with E-state index in [0.717, 1.165) is 22.6 Å². The molecule has 0 radical (unpaired) electrons. The number of carbonyl (C=O) groups is 1. The van der Waals surface area contributed by atoms with Gasteiger partial charge in [0.1, 0.15) is 0 Å². The number of carbonyl (C=O) groups excluding carboxylic acids is 1. The summed E-state index contributed by atoms with van der Waals surface area (Å²) < 4.78 is 5.55. The van der Waals surface area contributed by atoms with Crippen molar-refractivity contribution in [1.29, 1.82) is 0 Å². The first-order valence-electron chi connectivity index (χ1n) is 8.62. The fourth-order valence-electron chi connectivity index (χ4n) is 2.51. The van der Waals surface area contributed by atoms with Crippen molar-refractivity contribution in [1.82, 2.24) is 10.2 Å². The first kappa shape index (κ1) is 18.2. The van der Waals surface area contributed by atoms with Crippen LogP contribution in [0, 0.1) is 0 Å². The van der Waals surface area contributed by atoms with Gasteiger partial charge < -0.3 is 4.42 Å². The number of amides is 1. The van der Waals surface area contributed by atoms with E-state index in [0.29, 0.717) is 17.9 Å². The number of nitrogens with zero attached hydrogens (tertiary/aromatic N) is 2. The van der Waals surface area contributed by atoms with Gasteiger partial charge in [-0.25, -0.2) is 0 Å². The Balaban J connectivity index is 1.64. The van der Waals surface area contributed by atoms with Crippen LogP contribution in [-0.4, -0.2) is 21.9 Å². The highest BCUT2D eigenvalue weighted by atomic mass is 32.2. The van der Waals surface area contributed by atoms with Crippen LogP contribution in [-0.2, 0) is 12.8 Å². The van der Waals surface area contributed by atoms with Gasteiger partial charge in [0, 0.05) is 10.5 Å². The molecule has 0 saturated carbocycles. The number of hydrogen-bond acceptors (Lipinski definition) is 5. The number of nitrogens with one attached hydrogen (secondary N) is 1. The average Bonchev–Trinajstić information content (AvgIpc) is 3.09. The largest absolute Gasteiger partial charge is 0.407 e. The van der Waals surface area contributed by atoms with Crippen molar-refractivity contribution < 1.29 is 9.21 Å². The zero-order chi connectivity index (χ0) is 18.4. The predicted molar refractivity (Wildman–Crippen MR) is 104 cm³/mol. The van der Waals surface area contributed by atoms with Crippen LogP contribution in [0.25, 0.3) is 0 Å². The minimum absolute atomic E-state index is 0.115. The number of anilines is 1. The summed E-state index contributed by atoms with van der Waals surface area (Å²) in [7, 11) is 0. The van der Waals surface area contributed by atoms with Crippen LogP contribution in [0.2, 0.25) is 0 Å². The summed E-state index contributed by atoms with van der Waals surface area (Å²) in [5, 5.41) is 10.6. The van der Waals surface area contributed by atoms with Crippen molar-refractivity contribution in [2.24, 2.45) is 0 Å². The molecule has 5 nitrogen and oxygen atoms in total. The van der Waals surface area contributed by atoms with Gasteiger partial charge in [0.15, 0.2) is 0 Å². The van der Waals surface area contributed by atoms with Crippen molar-refractivity contribution in [2.75, 3.05) is 11.1 Å². The molecule has 0 unspecified atom stereocenters. The van der Waals surface area contributed by atoms with E-state index in [1.54, 1.807) is 17.8 Å². The first-order valence-corrected chi connectivity index (χ1v) is 9.61. The van der Waals surface area contributed by atoms with Crippen LogP contribution < -0.4 is 5.32 Å². The Labute approximate surface area is 157 Å². The summed E-state index contributed by atoms with van der Waals surface area (Å²) in [6.45, 7) is 4.20. The van der Waals surface area contributed by atoms with E-state index < -0.39 is 0 Å². The zero-order valence-corrected chi connectivity index (χ0v) is 15.7. The maximum atomic E-state index is 12.4. The highest BCUT2D eigenvalue weighted by molar-refractivity contribution is 7.99. The van der Waals surface area contributed by atoms with Crippen LogP contribution >= 0.6 is 11.8 Å². The highest BCUT2D eigenvalue weighted by Gasteiger charge is 2.12. The van der Waals surface area contributed by atoms with Crippen LogP contribution in [0.3, 0.4) is 0 Å². The van der Waals surface area contributed by atoms with Gasteiger partial charge in [0.05, 0.1) is 6.42 Å². The third-order valence-electron chi connectivity index (χ3n) is 3.88. The van der Waals surface area contributed by atoms with E-state index in [9.17, 15) is 4.79 Å². The van der Waals surface area contributed by atoms with Gasteiger partial charge in [0.2, 0.25) is 5.89 Å². The molecule has 3 rings (SSSR count). The van der Waals surface area contributed by atoms with E-state index in [2.05, 4.69) is 53.6 Å². The van der Waals surface area contributed by atoms with Gasteiger partial charge in [0.25, 0.3) is 5.91 Å². The Kier molecular flexibility index (Phi) is 6.07. The molecule has 6 heteroatoms. The second-order valence-electron chi connectivity index (χ2n) is 5.76. The van der Waals surface area contributed by atoms with Crippen molar-refractivity contribution in [2.45, 2.75) is 31.6 Å². The summed E-state index contributed by atoms with van der Waals surface area (Å²) in [4.78, 5) is 13.4. The fourth-order valence-corrected chi connectivity index (χ4v) is 3.22. The van der Waals surface area contributed by atoms with Crippen molar-refractivity contribution in [3.05, 3.63) is 71.1 Å². The summed E-state index contributed by atoms with van der Waals surface area (Å²) in [6, 6.07) is 15.9. The Bertz CT molecular complexity index is 875. The summed E-state index contributed by atoms with van der Waals surface area (Å²) in [5.74, 6) is 1.17. The maximum absolute atomic E-state index is 12.4. The molecule has 0 bridgehead atoms. The van der Waals surface area contributed by atoms with Gasteiger partial charge in [-0.3, -0.25) is 10.1 Å². The predicted octanol–water partition coefficient (Wildman–Crippen LogP) is 4.59. The standard InChI is InChI=1S/C20H21N3O2S/c1-3-14-8-10-15(11-9-14)12-18-22-23-20(25-18)21-19(24)16-6-5-7-17(13-16)26-4-2/h5-11,13H,3-4,12H2,1-2H3,(H,21,23,24). The molecule has 0 atom stereocenters. The normalized spacial score (nSPS) is 10.7. The van der Waals surface area contributed by atoms with Gasteiger partial charge in [-0.05, 0) is 41.5 Å². The lowest BCUT2D eigenvalue weighted by atomic mass is 10.1. The SMILES string of the molecule is CCSc1cccc(C(=O)Nc2nnc(Cc3ccc(CC)cc3)o2)c1. The lowest BCUT2D eigenvalue weighted by Crippen LogP contribution is -2.12. The first-order chi connectivity index (χ1) is 12.7.